The lowest BCUT2D eigenvalue weighted by Crippen LogP contribution is -2.39. The van der Waals surface area contributed by atoms with E-state index < -0.39 is 0 Å². The van der Waals surface area contributed by atoms with Crippen LogP contribution in [0, 0.1) is 0 Å². The molecule has 1 fully saturated rings. The smallest absolute Gasteiger partial charge is 0.253 e. The Labute approximate surface area is 117 Å². The Bertz CT molecular complexity index is 573. The molecule has 0 bridgehead atoms. The molecule has 20 heavy (non-hydrogen) atoms. The third-order valence-corrected chi connectivity index (χ3v) is 3.64. The Morgan fingerprint density at radius 1 is 1.15 bits per heavy atom. The summed E-state index contributed by atoms with van der Waals surface area (Å²) in [7, 11) is 0. The molecule has 5 heteroatoms. The first-order chi connectivity index (χ1) is 9.84. The summed E-state index contributed by atoms with van der Waals surface area (Å²) in [6.45, 7) is 1.51. The number of hydrogen-bond acceptors (Lipinski definition) is 4. The Morgan fingerprint density at radius 2 is 2.00 bits per heavy atom. The maximum absolute atomic E-state index is 12.4. The SMILES string of the molecule is O=C(c1ccncc1)N1CCC[C@@H](c2cnccn2)C1. The molecule has 0 N–H and O–H groups in total. The first kappa shape index (κ1) is 12.7. The first-order valence-corrected chi connectivity index (χ1v) is 6.80. The van der Waals surface area contributed by atoms with Crippen LogP contribution in [0.1, 0.15) is 34.8 Å². The van der Waals surface area contributed by atoms with Crippen LogP contribution in [0.25, 0.3) is 0 Å². The van der Waals surface area contributed by atoms with Gasteiger partial charge in [-0.3, -0.25) is 19.7 Å². The van der Waals surface area contributed by atoms with E-state index in [0.717, 1.165) is 25.1 Å². The third-order valence-electron chi connectivity index (χ3n) is 3.64. The van der Waals surface area contributed by atoms with Gasteiger partial charge in [0.25, 0.3) is 5.91 Å². The van der Waals surface area contributed by atoms with Gasteiger partial charge in [-0.05, 0) is 25.0 Å². The van der Waals surface area contributed by atoms with Crippen molar-refractivity contribution in [1.82, 2.24) is 19.9 Å². The minimum absolute atomic E-state index is 0.0704. The maximum atomic E-state index is 12.4. The molecular formula is C15H16N4O. The van der Waals surface area contributed by atoms with E-state index >= 15 is 0 Å². The number of rotatable bonds is 2. The highest BCUT2D eigenvalue weighted by Gasteiger charge is 2.26. The molecule has 2 aromatic rings. The van der Waals surface area contributed by atoms with Crippen molar-refractivity contribution < 1.29 is 4.79 Å². The van der Waals surface area contributed by atoms with Gasteiger partial charge in [-0.1, -0.05) is 0 Å². The average molecular weight is 268 g/mol. The van der Waals surface area contributed by atoms with E-state index in [1.807, 2.05) is 4.90 Å². The van der Waals surface area contributed by atoms with Crippen LogP contribution in [0.5, 0.6) is 0 Å². The third kappa shape index (κ3) is 2.66. The molecule has 0 spiro atoms. The van der Waals surface area contributed by atoms with Crippen molar-refractivity contribution in [2.24, 2.45) is 0 Å². The summed E-state index contributed by atoms with van der Waals surface area (Å²) in [6.07, 6.45) is 10.5. The van der Waals surface area contributed by atoms with Gasteiger partial charge in [0.05, 0.1) is 5.69 Å². The van der Waals surface area contributed by atoms with E-state index in [1.165, 1.54) is 0 Å². The molecular weight excluding hydrogens is 252 g/mol. The zero-order valence-electron chi connectivity index (χ0n) is 11.1. The predicted molar refractivity (Wildman–Crippen MR) is 74.1 cm³/mol. The molecule has 0 aromatic carbocycles. The van der Waals surface area contributed by atoms with Crippen molar-refractivity contribution in [1.29, 1.82) is 0 Å². The number of likely N-dealkylation sites (tertiary alicyclic amines) is 1. The molecule has 1 saturated heterocycles. The molecule has 1 aliphatic heterocycles. The van der Waals surface area contributed by atoms with Gasteiger partial charge in [0, 0.05) is 55.6 Å². The van der Waals surface area contributed by atoms with Gasteiger partial charge in [-0.25, -0.2) is 0 Å². The largest absolute Gasteiger partial charge is 0.338 e. The van der Waals surface area contributed by atoms with Crippen LogP contribution in [0.2, 0.25) is 0 Å². The topological polar surface area (TPSA) is 59.0 Å². The molecule has 3 rings (SSSR count). The lowest BCUT2D eigenvalue weighted by atomic mass is 9.94. The van der Waals surface area contributed by atoms with E-state index in [0.29, 0.717) is 12.1 Å². The van der Waals surface area contributed by atoms with Crippen LogP contribution in [0.4, 0.5) is 0 Å². The number of hydrogen-bond donors (Lipinski definition) is 0. The van der Waals surface area contributed by atoms with Crippen molar-refractivity contribution >= 4 is 5.91 Å². The van der Waals surface area contributed by atoms with E-state index in [4.69, 9.17) is 0 Å². The molecule has 102 valence electrons. The average Bonchev–Trinajstić information content (AvgIpc) is 2.56. The lowest BCUT2D eigenvalue weighted by molar-refractivity contribution is 0.0705. The standard InChI is InChI=1S/C15H16N4O/c20-15(12-3-5-16-6-4-12)19-9-1-2-13(11-19)14-10-17-7-8-18-14/h3-8,10,13H,1-2,9,11H2/t13-/m1/s1. The fourth-order valence-corrected chi connectivity index (χ4v) is 2.60. The number of carbonyl (C=O) groups excluding carboxylic acids is 1. The van der Waals surface area contributed by atoms with Gasteiger partial charge in [0.1, 0.15) is 0 Å². The summed E-state index contributed by atoms with van der Waals surface area (Å²) in [4.78, 5) is 26.8. The van der Waals surface area contributed by atoms with E-state index in [-0.39, 0.29) is 11.8 Å². The number of amides is 1. The first-order valence-electron chi connectivity index (χ1n) is 6.80. The number of carbonyl (C=O) groups is 1. The van der Waals surface area contributed by atoms with Crippen LogP contribution < -0.4 is 0 Å². The van der Waals surface area contributed by atoms with E-state index in [1.54, 1.807) is 43.1 Å². The van der Waals surface area contributed by atoms with Crippen LogP contribution >= 0.6 is 0 Å². The monoisotopic (exact) mass is 268 g/mol. The van der Waals surface area contributed by atoms with Crippen LogP contribution in [0.3, 0.4) is 0 Å². The Balaban J connectivity index is 1.74. The van der Waals surface area contributed by atoms with Gasteiger partial charge in [-0.15, -0.1) is 0 Å². The second kappa shape index (κ2) is 5.77. The fourth-order valence-electron chi connectivity index (χ4n) is 2.60. The van der Waals surface area contributed by atoms with Gasteiger partial charge < -0.3 is 4.90 Å². The van der Waals surface area contributed by atoms with Crippen molar-refractivity contribution in [3.63, 3.8) is 0 Å². The van der Waals surface area contributed by atoms with Crippen LogP contribution in [-0.2, 0) is 0 Å². The molecule has 0 saturated carbocycles. The molecule has 1 aliphatic rings. The Kier molecular flexibility index (Phi) is 3.67. The Hall–Kier alpha value is -2.30. The second-order valence-electron chi connectivity index (χ2n) is 4.96. The predicted octanol–water partition coefficient (Wildman–Crippen LogP) is 1.89. The highest BCUT2D eigenvalue weighted by atomic mass is 16.2. The van der Waals surface area contributed by atoms with Gasteiger partial charge in [-0.2, -0.15) is 0 Å². The molecule has 1 atom stereocenters. The summed E-state index contributed by atoms with van der Waals surface area (Å²) in [5.41, 5.74) is 1.67. The van der Waals surface area contributed by atoms with Crippen molar-refractivity contribution in [3.8, 4) is 0 Å². The number of aromatic nitrogens is 3. The minimum atomic E-state index is 0.0704. The second-order valence-corrected chi connectivity index (χ2v) is 4.96. The zero-order chi connectivity index (χ0) is 13.8. The van der Waals surface area contributed by atoms with Crippen molar-refractivity contribution in [2.45, 2.75) is 18.8 Å². The highest BCUT2D eigenvalue weighted by Crippen LogP contribution is 2.25. The highest BCUT2D eigenvalue weighted by molar-refractivity contribution is 5.94. The summed E-state index contributed by atoms with van der Waals surface area (Å²) in [5, 5.41) is 0. The molecule has 2 aromatic heterocycles. The molecule has 5 nitrogen and oxygen atoms in total. The van der Waals surface area contributed by atoms with Crippen molar-refractivity contribution in [3.05, 3.63) is 54.4 Å². The Morgan fingerprint density at radius 3 is 2.75 bits per heavy atom. The van der Waals surface area contributed by atoms with Gasteiger partial charge in [0.2, 0.25) is 0 Å². The summed E-state index contributed by atoms with van der Waals surface area (Å²) in [5.74, 6) is 0.351. The molecule has 0 aliphatic carbocycles. The summed E-state index contributed by atoms with van der Waals surface area (Å²) >= 11 is 0. The molecule has 3 heterocycles. The summed E-state index contributed by atoms with van der Waals surface area (Å²) in [6, 6.07) is 3.52. The number of pyridine rings is 1. The molecule has 1 amide bonds. The lowest BCUT2D eigenvalue weighted by Gasteiger charge is -2.32. The quantitative estimate of drug-likeness (QED) is 0.834. The van der Waals surface area contributed by atoms with Crippen LogP contribution in [-0.4, -0.2) is 38.8 Å². The van der Waals surface area contributed by atoms with E-state index in [2.05, 4.69) is 15.0 Å². The molecule has 0 radical (unpaired) electrons. The summed E-state index contributed by atoms with van der Waals surface area (Å²) < 4.78 is 0. The van der Waals surface area contributed by atoms with Gasteiger partial charge >= 0.3 is 0 Å². The normalized spacial score (nSPS) is 18.8. The van der Waals surface area contributed by atoms with Crippen LogP contribution in [0.15, 0.2) is 43.1 Å². The van der Waals surface area contributed by atoms with Gasteiger partial charge in [0.15, 0.2) is 0 Å². The van der Waals surface area contributed by atoms with E-state index in [9.17, 15) is 4.79 Å². The number of nitrogens with zero attached hydrogens (tertiary/aromatic N) is 4. The fraction of sp³-hybridized carbons (Fsp3) is 0.333. The van der Waals surface area contributed by atoms with Crippen molar-refractivity contribution in [2.75, 3.05) is 13.1 Å². The maximum Gasteiger partial charge on any atom is 0.253 e. The zero-order valence-corrected chi connectivity index (χ0v) is 11.1. The minimum Gasteiger partial charge on any atom is -0.338 e. The molecule has 0 unspecified atom stereocenters. The number of piperidine rings is 1.